The number of likely N-dealkylation sites (N-methyl/N-ethyl adjacent to an activating group) is 1. The van der Waals surface area contributed by atoms with Gasteiger partial charge in [-0.1, -0.05) is 30.3 Å². The van der Waals surface area contributed by atoms with E-state index in [0.29, 0.717) is 6.42 Å². The van der Waals surface area contributed by atoms with Crippen molar-refractivity contribution in [2.24, 2.45) is 0 Å². The Kier molecular flexibility index (Phi) is 4.17. The Labute approximate surface area is 156 Å². The van der Waals surface area contributed by atoms with Crippen LogP contribution in [0.25, 0.3) is 32.4 Å². The molecular formula is C21H19N3OS. The molecule has 0 saturated heterocycles. The molecule has 1 amide bonds. The quantitative estimate of drug-likeness (QED) is 0.541. The first-order chi connectivity index (χ1) is 12.5. The van der Waals surface area contributed by atoms with Gasteiger partial charge in [0.25, 0.3) is 0 Å². The Hall–Kier alpha value is -2.79. The standard InChI is InChI=1S/C21H19N3OS/c1-13-10-18(16-8-5-9-17-21(16)26-12-22-17)23-20-14(6-4-7-15(13)20)11-19(25)24(2)3/h4-10,12H,11H2,1-3H3. The Balaban J connectivity index is 1.92. The Morgan fingerprint density at radius 2 is 1.96 bits per heavy atom. The normalized spacial score (nSPS) is 11.2. The molecule has 2 heterocycles. The lowest BCUT2D eigenvalue weighted by Crippen LogP contribution is -2.23. The molecule has 2 aromatic heterocycles. The lowest BCUT2D eigenvalue weighted by Gasteiger charge is -2.13. The number of benzene rings is 2. The Morgan fingerprint density at radius 1 is 1.15 bits per heavy atom. The van der Waals surface area contributed by atoms with Crippen LogP contribution in [0.15, 0.2) is 48.0 Å². The molecule has 0 atom stereocenters. The van der Waals surface area contributed by atoms with Gasteiger partial charge in [-0.2, -0.15) is 0 Å². The van der Waals surface area contributed by atoms with Crippen LogP contribution in [0.3, 0.4) is 0 Å². The van der Waals surface area contributed by atoms with Crippen LogP contribution < -0.4 is 0 Å². The molecule has 0 unspecified atom stereocenters. The van der Waals surface area contributed by atoms with Crippen LogP contribution >= 0.6 is 11.3 Å². The first-order valence-electron chi connectivity index (χ1n) is 8.46. The monoisotopic (exact) mass is 361 g/mol. The van der Waals surface area contributed by atoms with Crippen molar-refractivity contribution in [1.29, 1.82) is 0 Å². The average Bonchev–Trinajstić information content (AvgIpc) is 3.10. The van der Waals surface area contributed by atoms with E-state index in [4.69, 9.17) is 4.98 Å². The van der Waals surface area contributed by atoms with Gasteiger partial charge in [-0.25, -0.2) is 9.97 Å². The van der Waals surface area contributed by atoms with Crippen molar-refractivity contribution >= 4 is 38.4 Å². The van der Waals surface area contributed by atoms with Gasteiger partial charge in [0.05, 0.1) is 33.4 Å². The molecule has 0 aliphatic rings. The topological polar surface area (TPSA) is 46.1 Å². The number of pyridine rings is 1. The molecule has 130 valence electrons. The first kappa shape index (κ1) is 16.7. The average molecular weight is 361 g/mol. The zero-order valence-electron chi connectivity index (χ0n) is 15.0. The largest absolute Gasteiger partial charge is 0.349 e. The van der Waals surface area contributed by atoms with Crippen molar-refractivity contribution < 1.29 is 4.79 Å². The Morgan fingerprint density at radius 3 is 2.77 bits per heavy atom. The van der Waals surface area contributed by atoms with E-state index in [0.717, 1.165) is 43.5 Å². The SMILES string of the molecule is Cc1cc(-c2cccc3ncsc23)nc2c(CC(=O)N(C)C)cccc12. The summed E-state index contributed by atoms with van der Waals surface area (Å²) in [5, 5.41) is 1.09. The zero-order chi connectivity index (χ0) is 18.3. The fourth-order valence-electron chi connectivity index (χ4n) is 3.17. The van der Waals surface area contributed by atoms with E-state index in [2.05, 4.69) is 30.1 Å². The van der Waals surface area contributed by atoms with E-state index in [1.165, 1.54) is 0 Å². The predicted octanol–water partition coefficient (Wildman–Crippen LogP) is 4.45. The molecule has 0 radical (unpaired) electrons. The van der Waals surface area contributed by atoms with Gasteiger partial charge in [-0.15, -0.1) is 11.3 Å². The summed E-state index contributed by atoms with van der Waals surface area (Å²) in [6.07, 6.45) is 0.352. The minimum Gasteiger partial charge on any atom is -0.349 e. The maximum atomic E-state index is 12.2. The van der Waals surface area contributed by atoms with Gasteiger partial charge in [0.15, 0.2) is 0 Å². The lowest BCUT2D eigenvalue weighted by molar-refractivity contribution is -0.127. The van der Waals surface area contributed by atoms with E-state index < -0.39 is 0 Å². The minimum absolute atomic E-state index is 0.0758. The molecule has 4 aromatic rings. The van der Waals surface area contributed by atoms with Gasteiger partial charge < -0.3 is 4.90 Å². The van der Waals surface area contributed by atoms with Crippen molar-refractivity contribution in [2.45, 2.75) is 13.3 Å². The molecule has 0 aliphatic heterocycles. The van der Waals surface area contributed by atoms with Crippen LogP contribution in [0.5, 0.6) is 0 Å². The first-order valence-corrected chi connectivity index (χ1v) is 9.34. The highest BCUT2D eigenvalue weighted by atomic mass is 32.1. The van der Waals surface area contributed by atoms with Crippen molar-refractivity contribution in [1.82, 2.24) is 14.9 Å². The fourth-order valence-corrected chi connectivity index (χ4v) is 3.98. The van der Waals surface area contributed by atoms with Crippen LogP contribution in [0.4, 0.5) is 0 Å². The van der Waals surface area contributed by atoms with Crippen LogP contribution in [0.2, 0.25) is 0 Å². The van der Waals surface area contributed by atoms with E-state index in [1.807, 2.05) is 29.8 Å². The van der Waals surface area contributed by atoms with E-state index in [-0.39, 0.29) is 5.91 Å². The number of thiazole rings is 1. The summed E-state index contributed by atoms with van der Waals surface area (Å²) in [5.74, 6) is 0.0758. The number of aromatic nitrogens is 2. The van der Waals surface area contributed by atoms with Crippen molar-refractivity contribution in [3.05, 3.63) is 59.1 Å². The molecule has 26 heavy (non-hydrogen) atoms. The number of carbonyl (C=O) groups is 1. The summed E-state index contributed by atoms with van der Waals surface area (Å²) in [7, 11) is 3.56. The molecule has 5 heteroatoms. The highest BCUT2D eigenvalue weighted by Gasteiger charge is 2.14. The molecule has 0 saturated carbocycles. The van der Waals surface area contributed by atoms with E-state index in [1.54, 1.807) is 30.3 Å². The molecule has 2 aromatic carbocycles. The second-order valence-corrected chi connectivity index (χ2v) is 7.46. The third kappa shape index (κ3) is 2.84. The van der Waals surface area contributed by atoms with E-state index in [9.17, 15) is 4.79 Å². The van der Waals surface area contributed by atoms with Crippen molar-refractivity contribution in [3.63, 3.8) is 0 Å². The summed E-state index contributed by atoms with van der Waals surface area (Å²) >= 11 is 1.63. The third-order valence-corrected chi connectivity index (χ3v) is 5.48. The molecule has 0 spiro atoms. The summed E-state index contributed by atoms with van der Waals surface area (Å²) < 4.78 is 1.14. The van der Waals surface area contributed by atoms with Gasteiger partial charge in [-0.05, 0) is 30.2 Å². The number of rotatable bonds is 3. The number of nitrogens with zero attached hydrogens (tertiary/aromatic N) is 3. The van der Waals surface area contributed by atoms with Gasteiger partial charge in [0, 0.05) is 25.0 Å². The molecule has 0 N–H and O–H groups in total. The highest BCUT2D eigenvalue weighted by molar-refractivity contribution is 7.17. The number of fused-ring (bicyclic) bond motifs is 2. The van der Waals surface area contributed by atoms with Gasteiger partial charge in [-0.3, -0.25) is 4.79 Å². The number of carbonyl (C=O) groups excluding carboxylic acids is 1. The molecule has 0 bridgehead atoms. The summed E-state index contributed by atoms with van der Waals surface area (Å²) in [4.78, 5) is 23.2. The molecule has 0 fully saturated rings. The number of hydrogen-bond donors (Lipinski definition) is 0. The molecular weight excluding hydrogens is 342 g/mol. The van der Waals surface area contributed by atoms with Crippen LogP contribution in [0.1, 0.15) is 11.1 Å². The van der Waals surface area contributed by atoms with Gasteiger partial charge in [0.1, 0.15) is 0 Å². The zero-order valence-corrected chi connectivity index (χ0v) is 15.8. The van der Waals surface area contributed by atoms with Crippen molar-refractivity contribution in [3.8, 4) is 11.3 Å². The minimum atomic E-state index is 0.0758. The smallest absolute Gasteiger partial charge is 0.226 e. The molecule has 4 rings (SSSR count). The molecule has 4 nitrogen and oxygen atoms in total. The van der Waals surface area contributed by atoms with Crippen LogP contribution in [-0.2, 0) is 11.2 Å². The second kappa shape index (κ2) is 6.50. The lowest BCUT2D eigenvalue weighted by atomic mass is 10.0. The second-order valence-electron chi connectivity index (χ2n) is 6.61. The van der Waals surface area contributed by atoms with Crippen LogP contribution in [-0.4, -0.2) is 34.9 Å². The number of para-hydroxylation sites is 1. The van der Waals surface area contributed by atoms with Crippen molar-refractivity contribution in [2.75, 3.05) is 14.1 Å². The van der Waals surface area contributed by atoms with E-state index >= 15 is 0 Å². The highest BCUT2D eigenvalue weighted by Crippen LogP contribution is 2.33. The number of aryl methyl sites for hydroxylation is 1. The maximum Gasteiger partial charge on any atom is 0.226 e. The van der Waals surface area contributed by atoms with Gasteiger partial charge >= 0.3 is 0 Å². The molecule has 0 aliphatic carbocycles. The van der Waals surface area contributed by atoms with Gasteiger partial charge in [0.2, 0.25) is 5.91 Å². The maximum absolute atomic E-state index is 12.2. The summed E-state index contributed by atoms with van der Waals surface area (Å²) in [6, 6.07) is 14.3. The predicted molar refractivity (Wildman–Crippen MR) is 107 cm³/mol. The van der Waals surface area contributed by atoms with Crippen LogP contribution in [0, 0.1) is 6.92 Å². The number of hydrogen-bond acceptors (Lipinski definition) is 4. The number of amides is 1. The fraction of sp³-hybridized carbons (Fsp3) is 0.190. The Bertz CT molecular complexity index is 1130. The third-order valence-electron chi connectivity index (χ3n) is 4.60. The summed E-state index contributed by atoms with van der Waals surface area (Å²) in [5.41, 5.74) is 7.89. The summed E-state index contributed by atoms with van der Waals surface area (Å²) in [6.45, 7) is 2.10.